The molecule has 144 valence electrons. The van der Waals surface area contributed by atoms with Crippen molar-refractivity contribution in [1.29, 1.82) is 0 Å². The van der Waals surface area contributed by atoms with Gasteiger partial charge in [-0.25, -0.2) is 4.39 Å². The molecule has 1 aliphatic heterocycles. The number of β-amino-alcohol motifs (C(OH)–C–C–N with tert-alkyl or cyclic N) is 1. The molecule has 0 aromatic heterocycles. The number of benzene rings is 2. The Morgan fingerprint density at radius 1 is 1.19 bits per heavy atom. The summed E-state index contributed by atoms with van der Waals surface area (Å²) in [5.74, 6) is -0.453. The maximum Gasteiger partial charge on any atom is 0.217 e. The number of rotatable bonds is 5. The zero-order valence-corrected chi connectivity index (χ0v) is 15.9. The van der Waals surface area contributed by atoms with Crippen LogP contribution in [-0.4, -0.2) is 35.5 Å². The van der Waals surface area contributed by atoms with Crippen LogP contribution in [0.15, 0.2) is 48.5 Å². The fraction of sp³-hybridized carbons (Fsp3) is 0.409. The molecule has 0 bridgehead atoms. The molecule has 27 heavy (non-hydrogen) atoms. The highest BCUT2D eigenvalue weighted by Crippen LogP contribution is 2.35. The largest absolute Gasteiger partial charge is 0.387 e. The number of hydrogen-bond donors (Lipinski definition) is 2. The first-order chi connectivity index (χ1) is 12.9. The fourth-order valence-corrected chi connectivity index (χ4v) is 3.90. The lowest BCUT2D eigenvalue weighted by molar-refractivity contribution is -0.121. The maximum absolute atomic E-state index is 14.4. The molecule has 2 aromatic rings. The number of amides is 1. The topological polar surface area (TPSA) is 52.6 Å². The van der Waals surface area contributed by atoms with Gasteiger partial charge < -0.3 is 15.3 Å². The number of nitrogens with one attached hydrogen (secondary N) is 1. The Balaban J connectivity index is 1.70. The third kappa shape index (κ3) is 4.54. The van der Waals surface area contributed by atoms with Crippen molar-refractivity contribution in [3.05, 3.63) is 71.0 Å². The molecule has 0 aliphatic carbocycles. The first-order valence-electron chi connectivity index (χ1n) is 9.40. The average Bonchev–Trinajstić information content (AvgIpc) is 2.64. The summed E-state index contributed by atoms with van der Waals surface area (Å²) >= 11 is 0. The molecule has 0 saturated carbocycles. The molecule has 1 amide bonds. The van der Waals surface area contributed by atoms with E-state index in [1.165, 1.54) is 13.0 Å². The van der Waals surface area contributed by atoms with E-state index < -0.39 is 11.6 Å². The van der Waals surface area contributed by atoms with Crippen LogP contribution in [0.3, 0.4) is 0 Å². The summed E-state index contributed by atoms with van der Waals surface area (Å²) in [5.41, 5.74) is 1.91. The van der Waals surface area contributed by atoms with Crippen molar-refractivity contribution in [2.75, 3.05) is 19.6 Å². The van der Waals surface area contributed by atoms with Gasteiger partial charge in [0.2, 0.25) is 5.91 Å². The van der Waals surface area contributed by atoms with Gasteiger partial charge >= 0.3 is 0 Å². The van der Waals surface area contributed by atoms with Crippen LogP contribution >= 0.6 is 0 Å². The first kappa shape index (κ1) is 19.5. The molecule has 2 aromatic carbocycles. The number of piperidine rings is 1. The Morgan fingerprint density at radius 2 is 1.81 bits per heavy atom. The molecule has 1 fully saturated rings. The Morgan fingerprint density at radius 3 is 2.41 bits per heavy atom. The molecule has 1 aliphatic rings. The molecular weight excluding hydrogens is 343 g/mol. The van der Waals surface area contributed by atoms with Crippen molar-refractivity contribution < 1.29 is 14.3 Å². The zero-order chi connectivity index (χ0) is 19.4. The van der Waals surface area contributed by atoms with Crippen LogP contribution in [0.1, 0.15) is 42.6 Å². The predicted molar refractivity (Wildman–Crippen MR) is 104 cm³/mol. The number of likely N-dealkylation sites (tertiary alicyclic amines) is 1. The van der Waals surface area contributed by atoms with Crippen LogP contribution in [0, 0.1) is 12.7 Å². The van der Waals surface area contributed by atoms with Crippen molar-refractivity contribution >= 4 is 5.91 Å². The van der Waals surface area contributed by atoms with E-state index in [1.807, 2.05) is 31.2 Å². The van der Waals surface area contributed by atoms with Gasteiger partial charge in [-0.2, -0.15) is 0 Å². The number of halogens is 1. The van der Waals surface area contributed by atoms with Crippen LogP contribution in [0.5, 0.6) is 0 Å². The lowest BCUT2D eigenvalue weighted by Gasteiger charge is -2.43. The standard InChI is InChI=1S/C22H27FN2O2/c1-16-7-9-18(10-8-16)21(27)15-25-13-11-22(12-14-25,24-17(2)26)19-5-3-4-6-20(19)23/h3-10,21,27H,11-15H2,1-2H3,(H,24,26). The van der Waals surface area contributed by atoms with Crippen LogP contribution in [-0.2, 0) is 10.3 Å². The Bertz CT molecular complexity index is 783. The summed E-state index contributed by atoms with van der Waals surface area (Å²) in [4.78, 5) is 14.0. The van der Waals surface area contributed by atoms with Gasteiger partial charge in [-0.1, -0.05) is 48.0 Å². The monoisotopic (exact) mass is 370 g/mol. The molecule has 4 nitrogen and oxygen atoms in total. The van der Waals surface area contributed by atoms with Gasteiger partial charge in [0.05, 0.1) is 11.6 Å². The minimum absolute atomic E-state index is 0.161. The number of hydrogen-bond acceptors (Lipinski definition) is 3. The molecule has 1 heterocycles. The van der Waals surface area contributed by atoms with E-state index in [0.717, 1.165) is 11.1 Å². The highest BCUT2D eigenvalue weighted by atomic mass is 19.1. The maximum atomic E-state index is 14.4. The second-order valence-electron chi connectivity index (χ2n) is 7.47. The molecule has 0 radical (unpaired) electrons. The summed E-state index contributed by atoms with van der Waals surface area (Å²) in [6.07, 6.45) is 0.648. The normalized spacial score (nSPS) is 18.1. The highest BCUT2D eigenvalue weighted by Gasteiger charge is 2.39. The Kier molecular flexibility index (Phi) is 5.92. The average molecular weight is 370 g/mol. The Labute approximate surface area is 160 Å². The molecule has 0 spiro atoms. The summed E-state index contributed by atoms with van der Waals surface area (Å²) in [6, 6.07) is 14.5. The quantitative estimate of drug-likeness (QED) is 0.849. The van der Waals surface area contributed by atoms with Gasteiger partial charge in [-0.3, -0.25) is 4.79 Å². The van der Waals surface area contributed by atoms with Crippen LogP contribution in [0.25, 0.3) is 0 Å². The number of aryl methyl sites for hydroxylation is 1. The van der Waals surface area contributed by atoms with E-state index in [2.05, 4.69) is 10.2 Å². The molecule has 3 rings (SSSR count). The van der Waals surface area contributed by atoms with Gasteiger partial charge in [-0.15, -0.1) is 0 Å². The van der Waals surface area contributed by atoms with Crippen molar-refractivity contribution in [3.63, 3.8) is 0 Å². The molecule has 2 N–H and O–H groups in total. The number of carbonyl (C=O) groups is 1. The first-order valence-corrected chi connectivity index (χ1v) is 9.40. The van der Waals surface area contributed by atoms with Crippen LogP contribution in [0.2, 0.25) is 0 Å². The van der Waals surface area contributed by atoms with Crippen molar-refractivity contribution in [2.45, 2.75) is 38.3 Å². The molecule has 1 atom stereocenters. The molecular formula is C22H27FN2O2. The molecule has 1 saturated heterocycles. The number of carbonyl (C=O) groups excluding carboxylic acids is 1. The summed E-state index contributed by atoms with van der Waals surface area (Å²) in [5, 5.41) is 13.5. The van der Waals surface area contributed by atoms with E-state index in [4.69, 9.17) is 0 Å². The number of aliphatic hydroxyl groups excluding tert-OH is 1. The van der Waals surface area contributed by atoms with Crippen molar-refractivity contribution in [2.24, 2.45) is 0 Å². The smallest absolute Gasteiger partial charge is 0.217 e. The van der Waals surface area contributed by atoms with Gasteiger partial charge in [-0.05, 0) is 31.4 Å². The predicted octanol–water partition coefficient (Wildman–Crippen LogP) is 3.29. The van der Waals surface area contributed by atoms with E-state index >= 15 is 0 Å². The van der Waals surface area contributed by atoms with Crippen molar-refractivity contribution in [1.82, 2.24) is 10.2 Å². The lowest BCUT2D eigenvalue weighted by atomic mass is 9.80. The second-order valence-corrected chi connectivity index (χ2v) is 7.47. The van der Waals surface area contributed by atoms with Gasteiger partial charge in [0.25, 0.3) is 0 Å². The zero-order valence-electron chi connectivity index (χ0n) is 15.9. The molecule has 1 unspecified atom stereocenters. The Hall–Kier alpha value is -2.24. The fourth-order valence-electron chi connectivity index (χ4n) is 3.90. The van der Waals surface area contributed by atoms with Crippen molar-refractivity contribution in [3.8, 4) is 0 Å². The van der Waals surface area contributed by atoms with Gasteiger partial charge in [0, 0.05) is 32.1 Å². The summed E-state index contributed by atoms with van der Waals surface area (Å²) in [6.45, 7) is 5.37. The number of nitrogens with zero attached hydrogens (tertiary/aromatic N) is 1. The van der Waals surface area contributed by atoms with Gasteiger partial charge in [0.15, 0.2) is 0 Å². The van der Waals surface area contributed by atoms with E-state index in [9.17, 15) is 14.3 Å². The third-order valence-corrected chi connectivity index (χ3v) is 5.41. The summed E-state index contributed by atoms with van der Waals surface area (Å²) in [7, 11) is 0. The van der Waals surface area contributed by atoms with E-state index in [-0.39, 0.29) is 11.7 Å². The van der Waals surface area contributed by atoms with Crippen LogP contribution < -0.4 is 5.32 Å². The molecule has 5 heteroatoms. The summed E-state index contributed by atoms with van der Waals surface area (Å²) < 4.78 is 14.4. The number of aliphatic hydroxyl groups is 1. The SMILES string of the molecule is CC(=O)NC1(c2ccccc2F)CCN(CC(O)c2ccc(C)cc2)CC1. The van der Waals surface area contributed by atoms with Crippen LogP contribution in [0.4, 0.5) is 4.39 Å². The van der Waals surface area contributed by atoms with E-state index in [1.54, 1.807) is 18.2 Å². The van der Waals surface area contributed by atoms with E-state index in [0.29, 0.717) is 38.0 Å². The minimum Gasteiger partial charge on any atom is -0.387 e. The minimum atomic E-state index is -0.692. The third-order valence-electron chi connectivity index (χ3n) is 5.41. The second kappa shape index (κ2) is 8.19. The van der Waals surface area contributed by atoms with Gasteiger partial charge in [0.1, 0.15) is 5.82 Å². The lowest BCUT2D eigenvalue weighted by Crippen LogP contribution is -2.53. The highest BCUT2D eigenvalue weighted by molar-refractivity contribution is 5.74.